The molecule has 0 saturated carbocycles. The molecule has 1 fully saturated rings. The van der Waals surface area contributed by atoms with Crippen molar-refractivity contribution >= 4 is 23.2 Å². The highest BCUT2D eigenvalue weighted by molar-refractivity contribution is 7.10. The van der Waals surface area contributed by atoms with Gasteiger partial charge in [-0.15, -0.1) is 11.3 Å². The maximum absolute atomic E-state index is 12.2. The van der Waals surface area contributed by atoms with Crippen LogP contribution in [0, 0.1) is 11.8 Å². The van der Waals surface area contributed by atoms with Gasteiger partial charge in [-0.2, -0.15) is 0 Å². The fourth-order valence-electron chi connectivity index (χ4n) is 2.23. The average molecular weight is 305 g/mol. The molecule has 0 aliphatic carbocycles. The molecule has 1 aliphatic heterocycles. The van der Waals surface area contributed by atoms with E-state index in [2.05, 4.69) is 11.8 Å². The number of hydrogen-bond donors (Lipinski definition) is 1. The van der Waals surface area contributed by atoms with Gasteiger partial charge in [0.05, 0.1) is 13.1 Å². The molecular weight excluding hydrogens is 286 g/mol. The highest BCUT2D eigenvalue weighted by Crippen LogP contribution is 2.20. The minimum atomic E-state index is -0.430. The number of carbonyl (C=O) groups excluding carboxylic acids is 2. The number of hydrogen-bond acceptors (Lipinski definition) is 4. The molecule has 1 aromatic rings. The lowest BCUT2D eigenvalue weighted by molar-refractivity contribution is -0.157. The fraction of sp³-hybridized carbons (Fsp3) is 0.467. The van der Waals surface area contributed by atoms with Gasteiger partial charge in [0.15, 0.2) is 0 Å². The van der Waals surface area contributed by atoms with Crippen molar-refractivity contribution in [1.82, 2.24) is 9.80 Å². The number of rotatable bonds is 3. The summed E-state index contributed by atoms with van der Waals surface area (Å²) in [6.45, 7) is 5.71. The number of thiophene rings is 1. The van der Waals surface area contributed by atoms with Crippen molar-refractivity contribution in [3.05, 3.63) is 21.9 Å². The van der Waals surface area contributed by atoms with E-state index < -0.39 is 11.8 Å². The van der Waals surface area contributed by atoms with E-state index in [1.165, 1.54) is 0 Å². The Morgan fingerprint density at radius 2 is 2.10 bits per heavy atom. The Labute approximate surface area is 128 Å². The number of amides is 2. The van der Waals surface area contributed by atoms with Gasteiger partial charge >= 0.3 is 11.8 Å². The lowest BCUT2D eigenvalue weighted by Crippen LogP contribution is -2.55. The lowest BCUT2D eigenvalue weighted by atomic mass is 10.2. The second kappa shape index (κ2) is 6.74. The average Bonchev–Trinajstić information content (AvgIpc) is 2.88. The molecule has 0 bridgehead atoms. The second-order valence-corrected chi connectivity index (χ2v) is 6.08. The van der Waals surface area contributed by atoms with E-state index in [4.69, 9.17) is 5.73 Å². The Morgan fingerprint density at radius 3 is 2.76 bits per heavy atom. The zero-order chi connectivity index (χ0) is 15.4. The molecule has 112 valence electrons. The fourth-order valence-corrected chi connectivity index (χ4v) is 3.07. The summed E-state index contributed by atoms with van der Waals surface area (Å²) < 4.78 is 0. The Hall–Kier alpha value is -1.84. The van der Waals surface area contributed by atoms with Crippen LogP contribution in [0.5, 0.6) is 0 Å². The minimum absolute atomic E-state index is 0.0521. The van der Waals surface area contributed by atoms with Crippen LogP contribution in [0.25, 0.3) is 0 Å². The van der Waals surface area contributed by atoms with Gasteiger partial charge in [0.2, 0.25) is 0 Å². The van der Waals surface area contributed by atoms with Crippen LogP contribution in [0.3, 0.4) is 0 Å². The monoisotopic (exact) mass is 305 g/mol. The highest BCUT2D eigenvalue weighted by Gasteiger charge is 2.33. The van der Waals surface area contributed by atoms with Crippen molar-refractivity contribution in [3.63, 3.8) is 0 Å². The molecule has 1 aliphatic rings. The zero-order valence-electron chi connectivity index (χ0n) is 12.3. The first-order valence-corrected chi connectivity index (χ1v) is 7.77. The van der Waals surface area contributed by atoms with Crippen LogP contribution >= 0.6 is 11.3 Å². The summed E-state index contributed by atoms with van der Waals surface area (Å²) in [6, 6.07) is 1.97. The van der Waals surface area contributed by atoms with Crippen molar-refractivity contribution in [1.29, 1.82) is 0 Å². The van der Waals surface area contributed by atoms with Crippen LogP contribution in [-0.4, -0.2) is 47.3 Å². The quantitative estimate of drug-likeness (QED) is 0.658. The van der Waals surface area contributed by atoms with Gasteiger partial charge in [0, 0.05) is 29.6 Å². The van der Waals surface area contributed by atoms with E-state index in [0.717, 1.165) is 10.4 Å². The first-order chi connectivity index (χ1) is 10.0. The Kier molecular flexibility index (Phi) is 4.99. The number of carbonyl (C=O) groups is 2. The standard InChI is InChI=1S/C15H19N3O2S/c1-11(2)18-8-7-17(14(19)15(18)20)10-13-12(4-3-6-16)5-9-21-13/h5,9,11H,6-8,10,16H2,1-2H3. The molecule has 0 spiro atoms. The van der Waals surface area contributed by atoms with Gasteiger partial charge in [-0.3, -0.25) is 9.59 Å². The SMILES string of the molecule is CC(C)N1CCN(Cc2sccc2C#CCN)C(=O)C1=O. The first kappa shape index (κ1) is 15.5. The molecule has 5 nitrogen and oxygen atoms in total. The second-order valence-electron chi connectivity index (χ2n) is 5.08. The van der Waals surface area contributed by atoms with E-state index in [1.54, 1.807) is 21.1 Å². The van der Waals surface area contributed by atoms with Crippen molar-refractivity contribution < 1.29 is 9.59 Å². The van der Waals surface area contributed by atoms with Crippen molar-refractivity contribution in [2.75, 3.05) is 19.6 Å². The molecule has 0 unspecified atom stereocenters. The highest BCUT2D eigenvalue weighted by atomic mass is 32.1. The van der Waals surface area contributed by atoms with Crippen molar-refractivity contribution in [3.8, 4) is 11.8 Å². The van der Waals surface area contributed by atoms with Crippen LogP contribution in [0.1, 0.15) is 24.3 Å². The van der Waals surface area contributed by atoms with Crippen LogP contribution < -0.4 is 5.73 Å². The number of piperazine rings is 1. The Bertz CT molecular complexity index is 598. The van der Waals surface area contributed by atoms with Crippen LogP contribution in [0.15, 0.2) is 11.4 Å². The normalized spacial score (nSPS) is 15.4. The molecule has 0 aromatic carbocycles. The summed E-state index contributed by atoms with van der Waals surface area (Å²) >= 11 is 1.54. The molecule has 2 N–H and O–H groups in total. The summed E-state index contributed by atoms with van der Waals surface area (Å²) in [5.74, 6) is 4.97. The van der Waals surface area contributed by atoms with Crippen LogP contribution in [0.2, 0.25) is 0 Å². The molecule has 2 rings (SSSR count). The van der Waals surface area contributed by atoms with Crippen molar-refractivity contribution in [2.45, 2.75) is 26.4 Å². The smallest absolute Gasteiger partial charge is 0.312 e. The van der Waals surface area contributed by atoms with E-state index >= 15 is 0 Å². The molecule has 21 heavy (non-hydrogen) atoms. The number of nitrogens with zero attached hydrogens (tertiary/aromatic N) is 2. The molecule has 2 heterocycles. The van der Waals surface area contributed by atoms with Gasteiger partial charge in [-0.1, -0.05) is 11.8 Å². The van der Waals surface area contributed by atoms with E-state index in [-0.39, 0.29) is 6.04 Å². The molecule has 2 amide bonds. The topological polar surface area (TPSA) is 66.6 Å². The molecule has 1 aromatic heterocycles. The zero-order valence-corrected chi connectivity index (χ0v) is 13.1. The van der Waals surface area contributed by atoms with E-state index in [1.807, 2.05) is 25.3 Å². The lowest BCUT2D eigenvalue weighted by Gasteiger charge is -2.35. The Balaban J connectivity index is 2.10. The van der Waals surface area contributed by atoms with Crippen molar-refractivity contribution in [2.24, 2.45) is 5.73 Å². The van der Waals surface area contributed by atoms with Gasteiger partial charge in [-0.25, -0.2) is 0 Å². The third-order valence-corrected chi connectivity index (χ3v) is 4.28. The van der Waals surface area contributed by atoms with Crippen LogP contribution in [0.4, 0.5) is 0 Å². The van der Waals surface area contributed by atoms with Gasteiger partial charge in [0.25, 0.3) is 0 Å². The first-order valence-electron chi connectivity index (χ1n) is 6.89. The molecule has 0 radical (unpaired) electrons. The van der Waals surface area contributed by atoms with E-state index in [0.29, 0.717) is 26.2 Å². The Morgan fingerprint density at radius 1 is 1.33 bits per heavy atom. The van der Waals surface area contributed by atoms with Gasteiger partial charge in [-0.05, 0) is 25.3 Å². The van der Waals surface area contributed by atoms with Gasteiger partial charge in [0.1, 0.15) is 0 Å². The maximum Gasteiger partial charge on any atom is 0.312 e. The summed E-state index contributed by atoms with van der Waals surface area (Å²) in [5, 5.41) is 1.94. The molecular formula is C15H19N3O2S. The minimum Gasteiger partial charge on any atom is -0.330 e. The largest absolute Gasteiger partial charge is 0.330 e. The summed E-state index contributed by atoms with van der Waals surface area (Å²) in [5.41, 5.74) is 6.26. The summed E-state index contributed by atoms with van der Waals surface area (Å²) in [4.78, 5) is 28.4. The van der Waals surface area contributed by atoms with E-state index in [9.17, 15) is 9.59 Å². The van der Waals surface area contributed by atoms with Crippen LogP contribution in [-0.2, 0) is 16.1 Å². The predicted octanol–water partition coefficient (Wildman–Crippen LogP) is 0.638. The maximum atomic E-state index is 12.2. The summed E-state index contributed by atoms with van der Waals surface area (Å²) in [6.07, 6.45) is 0. The summed E-state index contributed by atoms with van der Waals surface area (Å²) in [7, 11) is 0. The number of nitrogens with two attached hydrogens (primary N) is 1. The molecule has 6 heteroatoms. The van der Waals surface area contributed by atoms with Gasteiger partial charge < -0.3 is 15.5 Å². The molecule has 1 saturated heterocycles. The molecule has 0 atom stereocenters. The third kappa shape index (κ3) is 3.43. The third-order valence-electron chi connectivity index (χ3n) is 3.37. The predicted molar refractivity (Wildman–Crippen MR) is 82.5 cm³/mol.